The van der Waals surface area contributed by atoms with E-state index in [1.165, 1.54) is 17.4 Å². The largest absolute Gasteiger partial charge is 0.454 e. The number of nitrogens with zero attached hydrogens (tertiary/aromatic N) is 1. The van der Waals surface area contributed by atoms with Gasteiger partial charge in [0, 0.05) is 17.7 Å². The number of carbonyl (C=O) groups is 1. The van der Waals surface area contributed by atoms with Gasteiger partial charge >= 0.3 is 0 Å². The van der Waals surface area contributed by atoms with Crippen LogP contribution in [-0.2, 0) is 4.79 Å². The van der Waals surface area contributed by atoms with Gasteiger partial charge in [0.05, 0.1) is 0 Å². The first kappa shape index (κ1) is 11.7. The molecule has 2 heterocycles. The Morgan fingerprint density at radius 2 is 2.26 bits per heavy atom. The Balaban J connectivity index is 1.67. The van der Waals surface area contributed by atoms with Crippen LogP contribution in [0.1, 0.15) is 5.56 Å². The minimum Gasteiger partial charge on any atom is -0.454 e. The quantitative estimate of drug-likeness (QED) is 0.874. The number of nitrogens with one attached hydrogen (secondary N) is 1. The molecule has 0 unspecified atom stereocenters. The smallest absolute Gasteiger partial charge is 0.250 e. The van der Waals surface area contributed by atoms with E-state index in [9.17, 15) is 4.79 Å². The van der Waals surface area contributed by atoms with E-state index in [-0.39, 0.29) is 12.7 Å². The van der Waals surface area contributed by atoms with Gasteiger partial charge in [-0.3, -0.25) is 10.1 Å². The fourth-order valence-electron chi connectivity index (χ4n) is 1.62. The molecule has 6 heteroatoms. The Hall–Kier alpha value is -2.34. The maximum atomic E-state index is 11.6. The van der Waals surface area contributed by atoms with Gasteiger partial charge < -0.3 is 9.47 Å². The molecular weight excluding hydrogens is 264 g/mol. The van der Waals surface area contributed by atoms with Crippen LogP contribution < -0.4 is 14.8 Å². The first-order chi connectivity index (χ1) is 9.31. The number of fused-ring (bicyclic) bond motifs is 1. The van der Waals surface area contributed by atoms with Crippen molar-refractivity contribution in [3.8, 4) is 11.5 Å². The zero-order valence-corrected chi connectivity index (χ0v) is 10.6. The van der Waals surface area contributed by atoms with E-state index in [4.69, 9.17) is 9.47 Å². The highest BCUT2D eigenvalue weighted by Gasteiger charge is 2.12. The number of hydrogen-bond acceptors (Lipinski definition) is 5. The molecule has 0 aliphatic carbocycles. The fourth-order valence-corrected chi connectivity index (χ4v) is 2.15. The molecule has 1 N–H and O–H groups in total. The van der Waals surface area contributed by atoms with Crippen molar-refractivity contribution in [1.29, 1.82) is 0 Å². The van der Waals surface area contributed by atoms with Gasteiger partial charge in [-0.15, -0.1) is 11.3 Å². The summed E-state index contributed by atoms with van der Waals surface area (Å²) in [7, 11) is 0. The molecule has 0 bridgehead atoms. The second kappa shape index (κ2) is 5.11. The number of anilines is 1. The molecule has 1 aromatic carbocycles. The summed E-state index contributed by atoms with van der Waals surface area (Å²) in [6.07, 6.45) is 4.81. The number of carbonyl (C=O) groups excluding carboxylic acids is 1. The summed E-state index contributed by atoms with van der Waals surface area (Å²) in [6, 6.07) is 5.51. The third-order valence-corrected chi connectivity index (χ3v) is 3.17. The Kier molecular flexibility index (Phi) is 3.16. The van der Waals surface area contributed by atoms with Crippen LogP contribution in [-0.4, -0.2) is 17.7 Å². The molecule has 1 aliphatic rings. The molecular formula is C13H10N2O3S. The van der Waals surface area contributed by atoms with Crippen LogP contribution in [0.25, 0.3) is 6.08 Å². The monoisotopic (exact) mass is 274 g/mol. The molecule has 0 radical (unpaired) electrons. The summed E-state index contributed by atoms with van der Waals surface area (Å²) in [5.41, 5.74) is 0.874. The summed E-state index contributed by atoms with van der Waals surface area (Å²) in [5.74, 6) is 1.21. The van der Waals surface area contributed by atoms with Gasteiger partial charge in [0.25, 0.3) is 0 Å². The minimum atomic E-state index is -0.215. The third-order valence-electron chi connectivity index (χ3n) is 2.49. The summed E-state index contributed by atoms with van der Waals surface area (Å²) in [6.45, 7) is 0.243. The molecule has 0 fully saturated rings. The second-order valence-corrected chi connectivity index (χ2v) is 4.67. The third kappa shape index (κ3) is 2.74. The number of rotatable bonds is 3. The molecule has 3 rings (SSSR count). The number of hydrogen-bond donors (Lipinski definition) is 1. The predicted octanol–water partition coefficient (Wildman–Crippen LogP) is 2.52. The molecule has 1 amide bonds. The van der Waals surface area contributed by atoms with Crippen LogP contribution in [0.2, 0.25) is 0 Å². The molecule has 1 aromatic heterocycles. The molecule has 0 saturated carbocycles. The first-order valence-electron chi connectivity index (χ1n) is 5.59. The summed E-state index contributed by atoms with van der Waals surface area (Å²) >= 11 is 1.38. The maximum Gasteiger partial charge on any atom is 0.250 e. The van der Waals surface area contributed by atoms with Gasteiger partial charge in [0.1, 0.15) is 0 Å². The molecule has 0 spiro atoms. The van der Waals surface area contributed by atoms with E-state index in [1.807, 2.05) is 18.2 Å². The zero-order chi connectivity index (χ0) is 13.1. The average Bonchev–Trinajstić information content (AvgIpc) is 3.06. The number of thiazole rings is 1. The fraction of sp³-hybridized carbons (Fsp3) is 0.0769. The van der Waals surface area contributed by atoms with Crippen molar-refractivity contribution in [2.75, 3.05) is 12.1 Å². The van der Waals surface area contributed by atoms with E-state index in [0.717, 1.165) is 11.3 Å². The minimum absolute atomic E-state index is 0.215. The highest BCUT2D eigenvalue weighted by atomic mass is 32.1. The van der Waals surface area contributed by atoms with Crippen LogP contribution >= 0.6 is 11.3 Å². The Bertz CT molecular complexity index is 623. The maximum absolute atomic E-state index is 11.6. The molecule has 2 aromatic rings. The predicted molar refractivity (Wildman–Crippen MR) is 72.3 cm³/mol. The highest BCUT2D eigenvalue weighted by molar-refractivity contribution is 7.13. The lowest BCUT2D eigenvalue weighted by Gasteiger charge is -1.98. The van der Waals surface area contributed by atoms with Crippen molar-refractivity contribution in [1.82, 2.24) is 4.98 Å². The van der Waals surface area contributed by atoms with Crippen LogP contribution in [0.5, 0.6) is 11.5 Å². The summed E-state index contributed by atoms with van der Waals surface area (Å²) < 4.78 is 10.5. The van der Waals surface area contributed by atoms with Crippen LogP contribution in [0, 0.1) is 0 Å². The number of ether oxygens (including phenoxy) is 2. The lowest BCUT2D eigenvalue weighted by molar-refractivity contribution is -0.111. The zero-order valence-electron chi connectivity index (χ0n) is 9.83. The molecule has 1 aliphatic heterocycles. The Morgan fingerprint density at radius 1 is 1.37 bits per heavy atom. The molecule has 96 valence electrons. The summed E-state index contributed by atoms with van der Waals surface area (Å²) in [4.78, 5) is 15.6. The van der Waals surface area contributed by atoms with Gasteiger partial charge in [0.15, 0.2) is 16.6 Å². The van der Waals surface area contributed by atoms with Gasteiger partial charge in [-0.25, -0.2) is 4.98 Å². The lowest BCUT2D eigenvalue weighted by atomic mass is 10.2. The number of amides is 1. The number of benzene rings is 1. The molecule has 0 atom stereocenters. The van der Waals surface area contributed by atoms with Crippen molar-refractivity contribution < 1.29 is 14.3 Å². The molecule has 5 nitrogen and oxygen atoms in total. The Labute approximate surface area is 113 Å². The molecule has 0 saturated heterocycles. The second-order valence-electron chi connectivity index (χ2n) is 3.77. The van der Waals surface area contributed by atoms with Crippen molar-refractivity contribution in [2.24, 2.45) is 0 Å². The van der Waals surface area contributed by atoms with E-state index in [1.54, 1.807) is 17.7 Å². The first-order valence-corrected chi connectivity index (χ1v) is 6.47. The van der Waals surface area contributed by atoms with Crippen LogP contribution in [0.4, 0.5) is 5.13 Å². The summed E-state index contributed by atoms with van der Waals surface area (Å²) in [5, 5.41) is 5.06. The van der Waals surface area contributed by atoms with Gasteiger partial charge in [-0.05, 0) is 23.8 Å². The van der Waals surface area contributed by atoms with Gasteiger partial charge in [-0.1, -0.05) is 6.07 Å². The number of aromatic nitrogens is 1. The normalized spacial score (nSPS) is 12.8. The average molecular weight is 274 g/mol. The highest BCUT2D eigenvalue weighted by Crippen LogP contribution is 2.32. The Morgan fingerprint density at radius 3 is 3.11 bits per heavy atom. The molecule has 19 heavy (non-hydrogen) atoms. The SMILES string of the molecule is O=C(/C=C\c1ccc2c(c1)OCO2)Nc1nccs1. The van der Waals surface area contributed by atoms with Gasteiger partial charge in [0.2, 0.25) is 12.7 Å². The van der Waals surface area contributed by atoms with Crippen molar-refractivity contribution in [2.45, 2.75) is 0 Å². The van der Waals surface area contributed by atoms with E-state index < -0.39 is 0 Å². The van der Waals surface area contributed by atoms with E-state index in [2.05, 4.69) is 10.3 Å². The van der Waals surface area contributed by atoms with Crippen molar-refractivity contribution in [3.63, 3.8) is 0 Å². The van der Waals surface area contributed by atoms with Crippen molar-refractivity contribution >= 4 is 28.5 Å². The van der Waals surface area contributed by atoms with E-state index >= 15 is 0 Å². The lowest BCUT2D eigenvalue weighted by Crippen LogP contribution is -2.06. The van der Waals surface area contributed by atoms with Crippen molar-refractivity contribution in [3.05, 3.63) is 41.4 Å². The standard InChI is InChI=1S/C13H10N2O3S/c16-12(15-13-14-5-6-19-13)4-2-9-1-3-10-11(7-9)18-8-17-10/h1-7H,8H2,(H,14,15,16)/b4-2-. The van der Waals surface area contributed by atoms with Gasteiger partial charge in [-0.2, -0.15) is 0 Å². The van der Waals surface area contributed by atoms with Crippen LogP contribution in [0.3, 0.4) is 0 Å². The van der Waals surface area contributed by atoms with Crippen LogP contribution in [0.15, 0.2) is 35.9 Å². The topological polar surface area (TPSA) is 60.5 Å². The van der Waals surface area contributed by atoms with E-state index in [0.29, 0.717) is 10.9 Å².